The number of fused-ring (bicyclic) bond motifs is 1. The molecule has 2 atom stereocenters. The molecule has 0 amide bonds. The molecule has 2 unspecified atom stereocenters. The summed E-state index contributed by atoms with van der Waals surface area (Å²) in [5.41, 5.74) is 1.09. The van der Waals surface area contributed by atoms with Gasteiger partial charge in [0.1, 0.15) is 11.1 Å². The van der Waals surface area contributed by atoms with Crippen LogP contribution < -0.4 is 0 Å². The third-order valence-corrected chi connectivity index (χ3v) is 3.36. The minimum atomic E-state index is 0.261. The predicted octanol–water partition coefficient (Wildman–Crippen LogP) is 2.76. The van der Waals surface area contributed by atoms with Crippen LogP contribution in [0.3, 0.4) is 0 Å². The Morgan fingerprint density at radius 3 is 2.85 bits per heavy atom. The number of para-hydroxylation sites is 1. The Kier molecular flexibility index (Phi) is 1.45. The van der Waals surface area contributed by atoms with E-state index in [0.29, 0.717) is 6.10 Å². The summed E-state index contributed by atoms with van der Waals surface area (Å²) in [5.74, 6) is 0. The Hall–Kier alpha value is -0.930. The third-order valence-electron chi connectivity index (χ3n) is 2.26. The van der Waals surface area contributed by atoms with Gasteiger partial charge >= 0.3 is 0 Å². The van der Waals surface area contributed by atoms with Crippen molar-refractivity contribution in [2.75, 3.05) is 0 Å². The Balaban J connectivity index is 2.12. The number of thiazole rings is 1. The molecule has 0 saturated carbocycles. The van der Waals surface area contributed by atoms with Gasteiger partial charge in [-0.1, -0.05) is 12.1 Å². The predicted molar refractivity (Wildman–Crippen MR) is 52.9 cm³/mol. The van der Waals surface area contributed by atoms with Gasteiger partial charge in [0, 0.05) is 0 Å². The molecule has 1 aliphatic rings. The van der Waals surface area contributed by atoms with Crippen LogP contribution in [-0.4, -0.2) is 11.1 Å². The van der Waals surface area contributed by atoms with Gasteiger partial charge in [-0.3, -0.25) is 0 Å². The molecule has 0 radical (unpaired) electrons. The van der Waals surface area contributed by atoms with Gasteiger partial charge in [-0.05, 0) is 19.1 Å². The fourth-order valence-electron chi connectivity index (χ4n) is 1.46. The highest BCUT2D eigenvalue weighted by Crippen LogP contribution is 2.41. The molecule has 2 nitrogen and oxygen atoms in total. The zero-order valence-corrected chi connectivity index (χ0v) is 8.04. The van der Waals surface area contributed by atoms with Gasteiger partial charge in [0.2, 0.25) is 0 Å². The van der Waals surface area contributed by atoms with Crippen molar-refractivity contribution in [1.82, 2.24) is 4.98 Å². The fraction of sp³-hybridized carbons (Fsp3) is 0.300. The number of rotatable bonds is 1. The lowest BCUT2D eigenvalue weighted by molar-refractivity contribution is 0.383. The lowest BCUT2D eigenvalue weighted by atomic mass is 10.3. The minimum absolute atomic E-state index is 0.261. The molecule has 0 N–H and O–H groups in total. The van der Waals surface area contributed by atoms with Crippen molar-refractivity contribution in [3.8, 4) is 0 Å². The van der Waals surface area contributed by atoms with Gasteiger partial charge < -0.3 is 4.74 Å². The molecular formula is C10H9NOS. The van der Waals surface area contributed by atoms with Gasteiger partial charge in [0.15, 0.2) is 0 Å². The first-order valence-electron chi connectivity index (χ1n) is 4.35. The molecule has 3 heteroatoms. The maximum atomic E-state index is 5.38. The lowest BCUT2D eigenvalue weighted by Gasteiger charge is -1.81. The molecule has 66 valence electrons. The standard InChI is InChI=1S/C10H9NOS/c1-6-9(12-6)10-11-7-4-2-3-5-8(7)13-10/h2-6,9H,1H3. The van der Waals surface area contributed by atoms with Crippen molar-refractivity contribution in [2.45, 2.75) is 19.1 Å². The van der Waals surface area contributed by atoms with Gasteiger partial charge in [-0.25, -0.2) is 4.98 Å². The van der Waals surface area contributed by atoms with Crippen LogP contribution in [-0.2, 0) is 4.74 Å². The molecule has 13 heavy (non-hydrogen) atoms. The first-order chi connectivity index (χ1) is 6.34. The van der Waals surface area contributed by atoms with Gasteiger partial charge in [0.05, 0.1) is 16.3 Å². The Bertz CT molecular complexity index is 418. The molecule has 0 bridgehead atoms. The summed E-state index contributed by atoms with van der Waals surface area (Å²) in [4.78, 5) is 4.52. The average Bonchev–Trinajstić information content (AvgIpc) is 2.74. The van der Waals surface area contributed by atoms with Crippen molar-refractivity contribution in [2.24, 2.45) is 0 Å². The van der Waals surface area contributed by atoms with Crippen LogP contribution in [0.2, 0.25) is 0 Å². The highest BCUT2D eigenvalue weighted by atomic mass is 32.1. The van der Waals surface area contributed by atoms with Crippen molar-refractivity contribution < 1.29 is 4.74 Å². The minimum Gasteiger partial charge on any atom is -0.362 e. The Morgan fingerprint density at radius 1 is 1.38 bits per heavy atom. The zero-order valence-electron chi connectivity index (χ0n) is 7.23. The summed E-state index contributed by atoms with van der Waals surface area (Å²) in [7, 11) is 0. The summed E-state index contributed by atoms with van der Waals surface area (Å²) >= 11 is 1.74. The van der Waals surface area contributed by atoms with E-state index >= 15 is 0 Å². The fourth-order valence-corrected chi connectivity index (χ4v) is 2.55. The summed E-state index contributed by atoms with van der Waals surface area (Å²) in [5, 5.41) is 1.12. The molecule has 1 aliphatic heterocycles. The smallest absolute Gasteiger partial charge is 0.135 e. The largest absolute Gasteiger partial charge is 0.362 e. The summed E-state index contributed by atoms with van der Waals surface area (Å²) in [6.07, 6.45) is 0.623. The van der Waals surface area contributed by atoms with Crippen molar-refractivity contribution in [3.63, 3.8) is 0 Å². The second kappa shape index (κ2) is 2.53. The van der Waals surface area contributed by atoms with Crippen molar-refractivity contribution >= 4 is 21.6 Å². The summed E-state index contributed by atoms with van der Waals surface area (Å²) in [6, 6.07) is 8.20. The number of aromatic nitrogens is 1. The van der Waals surface area contributed by atoms with Crippen LogP contribution in [0.4, 0.5) is 0 Å². The van der Waals surface area contributed by atoms with E-state index in [2.05, 4.69) is 18.0 Å². The summed E-state index contributed by atoms with van der Waals surface area (Å²) < 4.78 is 6.63. The van der Waals surface area contributed by atoms with Crippen LogP contribution in [0.1, 0.15) is 18.0 Å². The molecule has 1 aromatic heterocycles. The maximum Gasteiger partial charge on any atom is 0.135 e. The molecule has 1 fully saturated rings. The molecule has 0 spiro atoms. The van der Waals surface area contributed by atoms with E-state index in [9.17, 15) is 0 Å². The number of ether oxygens (including phenoxy) is 1. The van der Waals surface area contributed by atoms with Gasteiger partial charge in [-0.15, -0.1) is 11.3 Å². The molecule has 1 aromatic carbocycles. The number of epoxide rings is 1. The van der Waals surface area contributed by atoms with Crippen LogP contribution in [0.5, 0.6) is 0 Å². The van der Waals surface area contributed by atoms with E-state index in [-0.39, 0.29) is 6.10 Å². The maximum absolute atomic E-state index is 5.38. The Morgan fingerprint density at radius 2 is 2.15 bits per heavy atom. The van der Waals surface area contributed by atoms with E-state index in [1.807, 2.05) is 18.2 Å². The first-order valence-corrected chi connectivity index (χ1v) is 5.17. The van der Waals surface area contributed by atoms with Gasteiger partial charge in [-0.2, -0.15) is 0 Å². The normalized spacial score (nSPS) is 26.5. The highest BCUT2D eigenvalue weighted by Gasteiger charge is 2.38. The SMILES string of the molecule is CC1OC1c1nc2ccccc2s1. The number of hydrogen-bond acceptors (Lipinski definition) is 3. The topological polar surface area (TPSA) is 25.4 Å². The van der Waals surface area contributed by atoms with Crippen molar-refractivity contribution in [1.29, 1.82) is 0 Å². The molecular weight excluding hydrogens is 182 g/mol. The third kappa shape index (κ3) is 1.16. The first kappa shape index (κ1) is 7.47. The molecule has 1 saturated heterocycles. The van der Waals surface area contributed by atoms with Crippen LogP contribution in [0.15, 0.2) is 24.3 Å². The van der Waals surface area contributed by atoms with Crippen LogP contribution >= 0.6 is 11.3 Å². The molecule has 0 aliphatic carbocycles. The quantitative estimate of drug-likeness (QED) is 0.648. The molecule has 3 rings (SSSR count). The van der Waals surface area contributed by atoms with Crippen molar-refractivity contribution in [3.05, 3.63) is 29.3 Å². The average molecular weight is 191 g/mol. The monoisotopic (exact) mass is 191 g/mol. The van der Waals surface area contributed by atoms with Crippen LogP contribution in [0, 0.1) is 0 Å². The second-order valence-corrected chi connectivity index (χ2v) is 4.34. The Labute approximate surface area is 80.2 Å². The van der Waals surface area contributed by atoms with E-state index < -0.39 is 0 Å². The molecule has 2 heterocycles. The number of hydrogen-bond donors (Lipinski definition) is 0. The van der Waals surface area contributed by atoms with E-state index in [4.69, 9.17) is 4.74 Å². The number of nitrogens with zero attached hydrogens (tertiary/aromatic N) is 1. The zero-order chi connectivity index (χ0) is 8.84. The molecule has 2 aromatic rings. The number of benzene rings is 1. The highest BCUT2D eigenvalue weighted by molar-refractivity contribution is 7.18. The van der Waals surface area contributed by atoms with Gasteiger partial charge in [0.25, 0.3) is 0 Å². The van der Waals surface area contributed by atoms with E-state index in [0.717, 1.165) is 10.5 Å². The van der Waals surface area contributed by atoms with E-state index in [1.165, 1.54) is 4.70 Å². The van der Waals surface area contributed by atoms with E-state index in [1.54, 1.807) is 11.3 Å². The lowest BCUT2D eigenvalue weighted by Crippen LogP contribution is -1.79. The van der Waals surface area contributed by atoms with Crippen LogP contribution in [0.25, 0.3) is 10.2 Å². The summed E-state index contributed by atoms with van der Waals surface area (Å²) in [6.45, 7) is 2.08. The second-order valence-electron chi connectivity index (χ2n) is 3.28.